The van der Waals surface area contributed by atoms with Gasteiger partial charge in [0.25, 0.3) is 0 Å². The van der Waals surface area contributed by atoms with E-state index in [1.54, 1.807) is 18.2 Å². The fourth-order valence-corrected chi connectivity index (χ4v) is 2.12. The van der Waals surface area contributed by atoms with Gasteiger partial charge in [-0.25, -0.2) is 4.79 Å². The first-order chi connectivity index (χ1) is 8.91. The predicted octanol–water partition coefficient (Wildman–Crippen LogP) is 3.29. The molecule has 0 aromatic heterocycles. The Morgan fingerprint density at radius 2 is 2.16 bits per heavy atom. The third-order valence-corrected chi connectivity index (χ3v) is 3.76. The van der Waals surface area contributed by atoms with E-state index in [1.807, 2.05) is 0 Å². The Balaban J connectivity index is 2.44. The van der Waals surface area contributed by atoms with E-state index in [2.05, 4.69) is 47.0 Å². The van der Waals surface area contributed by atoms with Crippen molar-refractivity contribution in [3.63, 3.8) is 0 Å². The van der Waals surface area contributed by atoms with Crippen LogP contribution < -0.4 is 5.32 Å². The van der Waals surface area contributed by atoms with Crippen molar-refractivity contribution in [1.82, 2.24) is 4.90 Å². The smallest absolute Gasteiger partial charge is 0.335 e. The zero-order valence-electron chi connectivity index (χ0n) is 11.6. The van der Waals surface area contributed by atoms with E-state index in [0.29, 0.717) is 6.04 Å². The topological polar surface area (TPSA) is 52.6 Å². The maximum absolute atomic E-state index is 10.8. The average molecular weight is 329 g/mol. The lowest BCUT2D eigenvalue weighted by Crippen LogP contribution is -2.28. The molecule has 0 spiro atoms. The van der Waals surface area contributed by atoms with Crippen LogP contribution in [0.25, 0.3) is 0 Å². The molecule has 4 nitrogen and oxygen atoms in total. The summed E-state index contributed by atoms with van der Waals surface area (Å²) < 4.78 is 0.782. The number of anilines is 1. The lowest BCUT2D eigenvalue weighted by Gasteiger charge is -2.21. The van der Waals surface area contributed by atoms with Gasteiger partial charge in [0.2, 0.25) is 0 Å². The number of hydrogen-bond donors (Lipinski definition) is 2. The first kappa shape index (κ1) is 16.0. The molecule has 19 heavy (non-hydrogen) atoms. The van der Waals surface area contributed by atoms with E-state index in [1.165, 1.54) is 0 Å². The summed E-state index contributed by atoms with van der Waals surface area (Å²) in [6, 6.07) is 5.57. The number of hydrogen-bond acceptors (Lipinski definition) is 3. The monoisotopic (exact) mass is 328 g/mol. The van der Waals surface area contributed by atoms with Crippen molar-refractivity contribution < 1.29 is 9.90 Å². The molecule has 5 heteroatoms. The molecule has 0 atom stereocenters. The summed E-state index contributed by atoms with van der Waals surface area (Å²) in [4.78, 5) is 13.1. The molecule has 0 amide bonds. The first-order valence-electron chi connectivity index (χ1n) is 6.38. The number of benzene rings is 1. The molecule has 0 saturated heterocycles. The molecule has 1 aromatic rings. The summed E-state index contributed by atoms with van der Waals surface area (Å²) in [6.07, 6.45) is 1.04. The number of aromatic carboxylic acids is 1. The van der Waals surface area contributed by atoms with Gasteiger partial charge in [0.05, 0.1) is 5.56 Å². The lowest BCUT2D eigenvalue weighted by molar-refractivity contribution is 0.0697. The average Bonchev–Trinajstić information content (AvgIpc) is 2.35. The summed E-state index contributed by atoms with van der Waals surface area (Å²) in [5.74, 6) is -0.911. The molecule has 0 unspecified atom stereocenters. The van der Waals surface area contributed by atoms with Gasteiger partial charge in [-0.2, -0.15) is 0 Å². The normalized spacial score (nSPS) is 11.1. The van der Waals surface area contributed by atoms with Gasteiger partial charge in [-0.05, 0) is 68.0 Å². The van der Waals surface area contributed by atoms with Crippen LogP contribution in [0.1, 0.15) is 30.6 Å². The molecule has 0 saturated carbocycles. The molecule has 0 aliphatic carbocycles. The molecule has 2 N–H and O–H groups in total. The summed E-state index contributed by atoms with van der Waals surface area (Å²) >= 11 is 3.38. The van der Waals surface area contributed by atoms with Crippen LogP contribution in [0.2, 0.25) is 0 Å². The second-order valence-electron chi connectivity index (χ2n) is 4.85. The maximum Gasteiger partial charge on any atom is 0.335 e. The second-order valence-corrected chi connectivity index (χ2v) is 5.71. The van der Waals surface area contributed by atoms with Crippen LogP contribution in [0.3, 0.4) is 0 Å². The van der Waals surface area contributed by atoms with Crippen molar-refractivity contribution in [3.05, 3.63) is 28.2 Å². The Labute approximate surface area is 122 Å². The number of rotatable bonds is 7. The van der Waals surface area contributed by atoms with Crippen molar-refractivity contribution >= 4 is 27.6 Å². The number of nitrogens with one attached hydrogen (secondary N) is 1. The van der Waals surface area contributed by atoms with Gasteiger partial charge in [0.1, 0.15) is 0 Å². The highest BCUT2D eigenvalue weighted by atomic mass is 79.9. The highest BCUT2D eigenvalue weighted by Gasteiger charge is 2.06. The zero-order chi connectivity index (χ0) is 14.4. The van der Waals surface area contributed by atoms with Crippen LogP contribution in [-0.2, 0) is 0 Å². The van der Waals surface area contributed by atoms with Crippen LogP contribution in [0.5, 0.6) is 0 Å². The van der Waals surface area contributed by atoms with Crippen LogP contribution >= 0.6 is 15.9 Å². The van der Waals surface area contributed by atoms with Gasteiger partial charge in [-0.15, -0.1) is 0 Å². The Morgan fingerprint density at radius 1 is 1.47 bits per heavy atom. The minimum atomic E-state index is -0.911. The Kier molecular flexibility index (Phi) is 6.31. The quantitative estimate of drug-likeness (QED) is 0.754. The summed E-state index contributed by atoms with van der Waals surface area (Å²) in [5.41, 5.74) is 1.22. The molecule has 0 radical (unpaired) electrons. The van der Waals surface area contributed by atoms with Gasteiger partial charge >= 0.3 is 5.97 Å². The third kappa shape index (κ3) is 5.20. The van der Waals surface area contributed by atoms with Gasteiger partial charge in [0, 0.05) is 22.7 Å². The van der Waals surface area contributed by atoms with E-state index < -0.39 is 5.97 Å². The minimum absolute atomic E-state index is 0.289. The van der Waals surface area contributed by atoms with Gasteiger partial charge in [0.15, 0.2) is 0 Å². The van der Waals surface area contributed by atoms with Crippen molar-refractivity contribution in [2.24, 2.45) is 0 Å². The molecular weight excluding hydrogens is 308 g/mol. The fraction of sp³-hybridized carbons (Fsp3) is 0.500. The van der Waals surface area contributed by atoms with E-state index in [0.717, 1.165) is 29.7 Å². The standard InChI is InChI=1S/C14H21BrN2O2/c1-10(2)17(3)8-4-7-16-13-6-5-11(14(18)19)9-12(13)15/h5-6,9-10,16H,4,7-8H2,1-3H3,(H,18,19). The predicted molar refractivity (Wildman–Crippen MR) is 82.0 cm³/mol. The Bertz CT molecular complexity index is 435. The number of carboxylic acids is 1. The highest BCUT2D eigenvalue weighted by molar-refractivity contribution is 9.10. The van der Waals surface area contributed by atoms with Gasteiger partial charge in [-0.3, -0.25) is 0 Å². The van der Waals surface area contributed by atoms with Crippen molar-refractivity contribution in [2.75, 3.05) is 25.5 Å². The van der Waals surface area contributed by atoms with Crippen LogP contribution in [-0.4, -0.2) is 42.2 Å². The summed E-state index contributed by atoms with van der Waals surface area (Å²) in [7, 11) is 2.11. The van der Waals surface area contributed by atoms with Gasteiger partial charge in [-0.1, -0.05) is 0 Å². The molecule has 0 bridgehead atoms. The number of carboxylic acid groups (broad SMARTS) is 1. The maximum atomic E-state index is 10.8. The van der Waals surface area contributed by atoms with Crippen molar-refractivity contribution in [2.45, 2.75) is 26.3 Å². The van der Waals surface area contributed by atoms with Crippen LogP contribution in [0.15, 0.2) is 22.7 Å². The van der Waals surface area contributed by atoms with E-state index in [9.17, 15) is 4.79 Å². The third-order valence-electron chi connectivity index (χ3n) is 3.10. The molecule has 0 aliphatic heterocycles. The molecule has 0 heterocycles. The number of carbonyl (C=O) groups is 1. The summed E-state index contributed by atoms with van der Waals surface area (Å²) in [5, 5.41) is 12.2. The Morgan fingerprint density at radius 3 is 2.68 bits per heavy atom. The molecule has 1 rings (SSSR count). The molecular formula is C14H21BrN2O2. The Hall–Kier alpha value is -1.07. The van der Waals surface area contributed by atoms with Crippen LogP contribution in [0, 0.1) is 0 Å². The van der Waals surface area contributed by atoms with E-state index >= 15 is 0 Å². The van der Waals surface area contributed by atoms with Gasteiger partial charge < -0.3 is 15.3 Å². The lowest BCUT2D eigenvalue weighted by atomic mass is 10.2. The molecule has 1 aromatic carbocycles. The number of nitrogens with zero attached hydrogens (tertiary/aromatic N) is 1. The highest BCUT2D eigenvalue weighted by Crippen LogP contribution is 2.23. The second kappa shape index (κ2) is 7.50. The van der Waals surface area contributed by atoms with Crippen LogP contribution in [0.4, 0.5) is 5.69 Å². The number of halogens is 1. The largest absolute Gasteiger partial charge is 0.478 e. The summed E-state index contributed by atoms with van der Waals surface area (Å²) in [6.45, 7) is 6.25. The minimum Gasteiger partial charge on any atom is -0.478 e. The zero-order valence-corrected chi connectivity index (χ0v) is 13.2. The first-order valence-corrected chi connectivity index (χ1v) is 7.18. The van der Waals surface area contributed by atoms with E-state index in [-0.39, 0.29) is 5.56 Å². The van der Waals surface area contributed by atoms with E-state index in [4.69, 9.17) is 5.11 Å². The molecule has 106 valence electrons. The SMILES string of the molecule is CC(C)N(C)CCCNc1ccc(C(=O)O)cc1Br. The van der Waals surface area contributed by atoms with Crippen molar-refractivity contribution in [3.8, 4) is 0 Å². The molecule has 0 aliphatic rings. The fourth-order valence-electron chi connectivity index (χ4n) is 1.60. The molecule has 0 fully saturated rings. The van der Waals surface area contributed by atoms with Crippen molar-refractivity contribution in [1.29, 1.82) is 0 Å².